The molecule has 1 saturated carbocycles. The highest BCUT2D eigenvalue weighted by molar-refractivity contribution is 6.09. The molecule has 9 nitrogen and oxygen atoms in total. The fourth-order valence-corrected chi connectivity index (χ4v) is 5.30. The van der Waals surface area contributed by atoms with Crippen molar-refractivity contribution in [3.63, 3.8) is 0 Å². The van der Waals surface area contributed by atoms with E-state index < -0.39 is 5.54 Å². The molecular weight excluding hydrogens is 480 g/mol. The maximum atomic E-state index is 13.0. The molecule has 0 spiro atoms. The van der Waals surface area contributed by atoms with Gasteiger partial charge in [-0.1, -0.05) is 24.3 Å². The number of anilines is 2. The molecule has 5 rings (SSSR count). The molecule has 1 aromatic carbocycles. The van der Waals surface area contributed by atoms with E-state index in [1.807, 2.05) is 24.3 Å². The molecule has 2 aliphatic heterocycles. The van der Waals surface area contributed by atoms with E-state index in [4.69, 9.17) is 16.2 Å². The Morgan fingerprint density at radius 3 is 2.87 bits per heavy atom. The maximum absolute atomic E-state index is 13.0. The number of nitrogens with one attached hydrogen (secondary N) is 1. The number of rotatable bonds is 9. The molecule has 2 saturated heterocycles. The highest BCUT2D eigenvalue weighted by atomic mass is 16.5. The number of carbonyl (C=O) groups excluding carboxylic acids is 2. The van der Waals surface area contributed by atoms with Crippen molar-refractivity contribution in [2.75, 3.05) is 29.9 Å². The van der Waals surface area contributed by atoms with Crippen LogP contribution in [0, 0.1) is 5.92 Å². The summed E-state index contributed by atoms with van der Waals surface area (Å²) in [5, 5.41) is 2.86. The number of aromatic nitrogens is 1. The van der Waals surface area contributed by atoms with E-state index in [-0.39, 0.29) is 30.3 Å². The number of nitrogens with two attached hydrogens (primary N) is 2. The van der Waals surface area contributed by atoms with Gasteiger partial charge in [-0.2, -0.15) is 0 Å². The van der Waals surface area contributed by atoms with Gasteiger partial charge in [-0.25, -0.2) is 4.98 Å². The monoisotopic (exact) mass is 516 g/mol. The Hall–Kier alpha value is -3.56. The molecule has 3 heterocycles. The molecule has 200 valence electrons. The van der Waals surface area contributed by atoms with E-state index in [1.165, 1.54) is 12.6 Å². The van der Waals surface area contributed by atoms with Gasteiger partial charge in [0.2, 0.25) is 11.8 Å². The molecule has 9 heteroatoms. The van der Waals surface area contributed by atoms with E-state index >= 15 is 0 Å². The van der Waals surface area contributed by atoms with Crippen molar-refractivity contribution >= 4 is 35.1 Å². The highest BCUT2D eigenvalue weighted by Gasteiger charge is 2.53. The Kier molecular flexibility index (Phi) is 7.85. The van der Waals surface area contributed by atoms with E-state index in [2.05, 4.69) is 15.3 Å². The van der Waals surface area contributed by atoms with Crippen LogP contribution in [0.2, 0.25) is 0 Å². The number of ether oxygens (including phenoxy) is 1. The third-order valence-corrected chi connectivity index (χ3v) is 7.64. The zero-order valence-electron chi connectivity index (χ0n) is 21.6. The predicted molar refractivity (Wildman–Crippen MR) is 149 cm³/mol. The Morgan fingerprint density at radius 1 is 1.24 bits per heavy atom. The summed E-state index contributed by atoms with van der Waals surface area (Å²) in [6, 6.07) is 11.2. The third-order valence-electron chi connectivity index (χ3n) is 7.64. The zero-order valence-corrected chi connectivity index (χ0v) is 21.6. The van der Waals surface area contributed by atoms with Crippen LogP contribution in [0.15, 0.2) is 53.8 Å². The summed E-state index contributed by atoms with van der Waals surface area (Å²) < 4.78 is 5.73. The van der Waals surface area contributed by atoms with Crippen LogP contribution < -0.4 is 21.7 Å². The molecule has 2 aromatic rings. The van der Waals surface area contributed by atoms with Gasteiger partial charge in [0.1, 0.15) is 11.4 Å². The summed E-state index contributed by atoms with van der Waals surface area (Å²) in [7, 11) is 0. The lowest BCUT2D eigenvalue weighted by molar-refractivity contribution is -0.122. The second-order valence-electron chi connectivity index (χ2n) is 10.5. The van der Waals surface area contributed by atoms with E-state index in [0.29, 0.717) is 31.0 Å². The number of aliphatic imine (C=N–C) groups is 1. The summed E-state index contributed by atoms with van der Waals surface area (Å²) in [5.74, 6) is 0.437. The maximum Gasteiger partial charge on any atom is 0.247 e. The number of allylic oxidation sites excluding steroid dienone is 1. The second kappa shape index (κ2) is 11.4. The fraction of sp³-hybridized carbons (Fsp3) is 0.448. The van der Waals surface area contributed by atoms with Crippen LogP contribution in [-0.4, -0.2) is 54.4 Å². The first kappa shape index (κ1) is 26.1. The number of hydrogen-bond donors (Lipinski definition) is 3. The number of benzene rings is 1. The van der Waals surface area contributed by atoms with Crippen molar-refractivity contribution in [3.05, 3.63) is 59.9 Å². The van der Waals surface area contributed by atoms with Crippen molar-refractivity contribution in [1.82, 2.24) is 4.98 Å². The standard InChI is InChI=1S/C29H36N6O3/c30-17-22(18-32-19-25-6-1-2-13-38-25)21-5-3-4-20(14-21)15-27(36)34-26-16-24(9-11-33-26)35-12-10-29(31,28(35)37)23-7-8-23/h3-5,9,11,14,16-18,23,25H,1-2,6-8,10,12-13,15,19,30-31H2,(H,33,34,36)/t25?,29-/m1/s1. The summed E-state index contributed by atoms with van der Waals surface area (Å²) in [4.78, 5) is 36.4. The van der Waals surface area contributed by atoms with Crippen LogP contribution in [0.1, 0.15) is 49.7 Å². The van der Waals surface area contributed by atoms with E-state index in [9.17, 15) is 9.59 Å². The topological polar surface area (TPSA) is 136 Å². The van der Waals surface area contributed by atoms with Gasteiger partial charge >= 0.3 is 0 Å². The number of nitrogens with zero attached hydrogens (tertiary/aromatic N) is 3. The van der Waals surface area contributed by atoms with Crippen molar-refractivity contribution in [3.8, 4) is 0 Å². The van der Waals surface area contributed by atoms with Crippen molar-refractivity contribution < 1.29 is 14.3 Å². The molecule has 38 heavy (non-hydrogen) atoms. The Labute approximate surface area is 223 Å². The first-order valence-electron chi connectivity index (χ1n) is 13.5. The minimum atomic E-state index is -0.761. The van der Waals surface area contributed by atoms with Gasteiger partial charge < -0.3 is 26.4 Å². The highest BCUT2D eigenvalue weighted by Crippen LogP contribution is 2.44. The van der Waals surface area contributed by atoms with Gasteiger partial charge in [-0.05, 0) is 61.6 Å². The lowest BCUT2D eigenvalue weighted by Gasteiger charge is -2.23. The predicted octanol–water partition coefficient (Wildman–Crippen LogP) is 3.05. The van der Waals surface area contributed by atoms with Crippen LogP contribution in [0.5, 0.6) is 0 Å². The first-order valence-corrected chi connectivity index (χ1v) is 13.5. The third kappa shape index (κ3) is 5.95. The minimum Gasteiger partial charge on any atom is -0.404 e. The van der Waals surface area contributed by atoms with E-state index in [0.717, 1.165) is 49.0 Å². The second-order valence-corrected chi connectivity index (χ2v) is 10.5. The number of pyridine rings is 1. The Balaban J connectivity index is 1.19. The lowest BCUT2D eigenvalue weighted by Crippen LogP contribution is -2.50. The average Bonchev–Trinajstić information content (AvgIpc) is 3.74. The van der Waals surface area contributed by atoms with Crippen LogP contribution in [0.25, 0.3) is 5.57 Å². The Morgan fingerprint density at radius 2 is 2.11 bits per heavy atom. The number of carbonyl (C=O) groups is 2. The SMILES string of the molecule is NC=C(C=NCC1CCCCO1)c1cccc(CC(=O)Nc2cc(N3CC[C@@](N)(C4CC4)C3=O)ccn2)c1. The lowest BCUT2D eigenvalue weighted by atomic mass is 9.93. The van der Waals surface area contributed by atoms with Gasteiger partial charge in [0.25, 0.3) is 0 Å². The van der Waals surface area contributed by atoms with Crippen LogP contribution in [-0.2, 0) is 20.7 Å². The van der Waals surface area contributed by atoms with Gasteiger partial charge in [0.15, 0.2) is 0 Å². The molecule has 2 atom stereocenters. The van der Waals surface area contributed by atoms with Crippen molar-refractivity contribution in [2.24, 2.45) is 22.4 Å². The smallest absolute Gasteiger partial charge is 0.247 e. The van der Waals surface area contributed by atoms with Crippen LogP contribution in [0.3, 0.4) is 0 Å². The molecule has 1 unspecified atom stereocenters. The molecular formula is C29H36N6O3. The summed E-state index contributed by atoms with van der Waals surface area (Å²) in [6.45, 7) is 1.99. The summed E-state index contributed by atoms with van der Waals surface area (Å²) in [6.07, 6.45) is 11.2. The van der Waals surface area contributed by atoms with Crippen molar-refractivity contribution in [2.45, 2.75) is 56.6 Å². The molecule has 3 aliphatic rings. The number of hydrogen-bond acceptors (Lipinski definition) is 7. The summed E-state index contributed by atoms with van der Waals surface area (Å²) in [5.41, 5.74) is 14.8. The molecule has 3 fully saturated rings. The van der Waals surface area contributed by atoms with E-state index in [1.54, 1.807) is 29.4 Å². The van der Waals surface area contributed by atoms with Crippen molar-refractivity contribution in [1.29, 1.82) is 0 Å². The molecule has 0 radical (unpaired) electrons. The molecule has 5 N–H and O–H groups in total. The fourth-order valence-electron chi connectivity index (χ4n) is 5.30. The van der Waals surface area contributed by atoms with Gasteiger partial charge in [0.05, 0.1) is 19.1 Å². The molecule has 0 bridgehead atoms. The molecule has 1 aromatic heterocycles. The molecule has 1 aliphatic carbocycles. The van der Waals surface area contributed by atoms with Gasteiger partial charge in [-0.3, -0.25) is 14.6 Å². The van der Waals surface area contributed by atoms with Gasteiger partial charge in [0, 0.05) is 49.1 Å². The van der Waals surface area contributed by atoms with Crippen LogP contribution >= 0.6 is 0 Å². The largest absolute Gasteiger partial charge is 0.404 e. The quantitative estimate of drug-likeness (QED) is 0.438. The number of amides is 2. The Bertz CT molecular complexity index is 1230. The first-order chi connectivity index (χ1) is 18.5. The van der Waals surface area contributed by atoms with Gasteiger partial charge in [-0.15, -0.1) is 0 Å². The zero-order chi connectivity index (χ0) is 26.5. The summed E-state index contributed by atoms with van der Waals surface area (Å²) >= 11 is 0. The van der Waals surface area contributed by atoms with Crippen LogP contribution in [0.4, 0.5) is 11.5 Å². The normalized spacial score (nSPS) is 24.2. The molecule has 2 amide bonds. The minimum absolute atomic E-state index is 0.0427. The average molecular weight is 517 g/mol.